The Morgan fingerprint density at radius 2 is 2.30 bits per heavy atom. The first-order valence-electron chi connectivity index (χ1n) is 8.51. The molecule has 0 spiro atoms. The van der Waals surface area contributed by atoms with Crippen molar-refractivity contribution in [2.24, 2.45) is 10.9 Å². The fraction of sp³-hybridized carbons (Fsp3) is 0.611. The van der Waals surface area contributed by atoms with Crippen LogP contribution in [0.1, 0.15) is 25.3 Å². The van der Waals surface area contributed by atoms with E-state index in [4.69, 9.17) is 4.99 Å². The molecule has 23 heavy (non-hydrogen) atoms. The number of aliphatic imine (C=N–C) groups is 1. The molecule has 4 nitrogen and oxygen atoms in total. The zero-order valence-corrected chi connectivity index (χ0v) is 14.6. The summed E-state index contributed by atoms with van der Waals surface area (Å²) in [6.07, 6.45) is 2.51. The maximum atomic E-state index is 13.3. The van der Waals surface area contributed by atoms with E-state index in [2.05, 4.69) is 29.1 Å². The van der Waals surface area contributed by atoms with Crippen molar-refractivity contribution in [3.05, 3.63) is 35.6 Å². The quantitative estimate of drug-likeness (QED) is 0.668. The van der Waals surface area contributed by atoms with Gasteiger partial charge in [0.1, 0.15) is 5.82 Å². The van der Waals surface area contributed by atoms with Crippen LogP contribution in [0.15, 0.2) is 29.3 Å². The Hall–Kier alpha value is -1.62. The molecule has 1 aromatic rings. The Kier molecular flexibility index (Phi) is 6.84. The highest BCUT2D eigenvalue weighted by Crippen LogP contribution is 2.15. The second-order valence-corrected chi connectivity index (χ2v) is 6.45. The summed E-state index contributed by atoms with van der Waals surface area (Å²) in [6, 6.07) is 6.75. The van der Waals surface area contributed by atoms with Crippen LogP contribution < -0.4 is 5.32 Å². The Balaban J connectivity index is 1.96. The maximum absolute atomic E-state index is 13.3. The monoisotopic (exact) mass is 320 g/mol. The summed E-state index contributed by atoms with van der Waals surface area (Å²) in [5.74, 6) is 1.33. The van der Waals surface area contributed by atoms with Crippen molar-refractivity contribution in [3.8, 4) is 0 Å². The zero-order valence-electron chi connectivity index (χ0n) is 14.6. The van der Waals surface area contributed by atoms with E-state index in [1.165, 1.54) is 25.5 Å². The van der Waals surface area contributed by atoms with Gasteiger partial charge in [-0.3, -0.25) is 4.99 Å². The third-order valence-electron chi connectivity index (χ3n) is 4.23. The predicted molar refractivity (Wildman–Crippen MR) is 94.1 cm³/mol. The average Bonchev–Trinajstić information content (AvgIpc) is 2.51. The van der Waals surface area contributed by atoms with Gasteiger partial charge in [0, 0.05) is 33.2 Å². The third kappa shape index (κ3) is 5.82. The highest BCUT2D eigenvalue weighted by atomic mass is 19.1. The minimum absolute atomic E-state index is 0.192. The van der Waals surface area contributed by atoms with Crippen LogP contribution in [-0.2, 0) is 6.54 Å². The van der Waals surface area contributed by atoms with Crippen molar-refractivity contribution in [2.75, 3.05) is 40.3 Å². The molecule has 5 heteroatoms. The maximum Gasteiger partial charge on any atom is 0.193 e. The van der Waals surface area contributed by atoms with Gasteiger partial charge in [0.05, 0.1) is 0 Å². The van der Waals surface area contributed by atoms with Gasteiger partial charge in [0.2, 0.25) is 0 Å². The number of benzene rings is 1. The number of halogens is 1. The van der Waals surface area contributed by atoms with E-state index in [-0.39, 0.29) is 5.82 Å². The number of rotatable bonds is 5. The first-order chi connectivity index (χ1) is 11.1. The molecular weight excluding hydrogens is 291 g/mol. The van der Waals surface area contributed by atoms with Crippen LogP contribution in [0.4, 0.5) is 4.39 Å². The van der Waals surface area contributed by atoms with E-state index in [1.807, 2.05) is 13.1 Å². The van der Waals surface area contributed by atoms with Gasteiger partial charge in [-0.25, -0.2) is 4.39 Å². The lowest BCUT2D eigenvalue weighted by Crippen LogP contribution is -2.39. The van der Waals surface area contributed by atoms with Crippen molar-refractivity contribution < 1.29 is 4.39 Å². The molecule has 0 aliphatic carbocycles. The molecule has 0 radical (unpaired) electrons. The van der Waals surface area contributed by atoms with E-state index in [1.54, 1.807) is 12.1 Å². The lowest BCUT2D eigenvalue weighted by atomic mass is 9.99. The summed E-state index contributed by atoms with van der Waals surface area (Å²) in [6.45, 7) is 6.71. The summed E-state index contributed by atoms with van der Waals surface area (Å²) in [7, 11) is 4.18. The minimum Gasteiger partial charge on any atom is -0.357 e. The largest absolute Gasteiger partial charge is 0.357 e. The van der Waals surface area contributed by atoms with Gasteiger partial charge in [-0.1, -0.05) is 12.1 Å². The summed E-state index contributed by atoms with van der Waals surface area (Å²) >= 11 is 0. The Morgan fingerprint density at radius 1 is 1.48 bits per heavy atom. The second-order valence-electron chi connectivity index (χ2n) is 6.45. The molecule has 0 saturated carbocycles. The molecule has 1 atom stereocenters. The van der Waals surface area contributed by atoms with Crippen LogP contribution >= 0.6 is 0 Å². The Morgan fingerprint density at radius 3 is 3.00 bits per heavy atom. The van der Waals surface area contributed by atoms with Gasteiger partial charge < -0.3 is 15.1 Å². The number of likely N-dealkylation sites (tertiary alicyclic amines) is 1. The van der Waals surface area contributed by atoms with Gasteiger partial charge >= 0.3 is 0 Å². The predicted octanol–water partition coefficient (Wildman–Crippen LogP) is 2.56. The third-order valence-corrected chi connectivity index (χ3v) is 4.23. The summed E-state index contributed by atoms with van der Waals surface area (Å²) in [4.78, 5) is 9.24. The van der Waals surface area contributed by atoms with E-state index in [0.717, 1.165) is 31.2 Å². The molecular formula is C18H29FN4. The number of piperidine rings is 1. The molecule has 128 valence electrons. The SMILES string of the molecule is CCNC(=NCC1CCCN(C)C1)N(C)Cc1cccc(F)c1. The number of guanidine groups is 1. The van der Waals surface area contributed by atoms with Crippen LogP contribution in [0.5, 0.6) is 0 Å². The summed E-state index contributed by atoms with van der Waals surface area (Å²) in [5, 5.41) is 3.34. The molecule has 1 heterocycles. The second kappa shape index (κ2) is 8.87. The molecule has 0 aromatic heterocycles. The van der Waals surface area contributed by atoms with Gasteiger partial charge in [-0.05, 0) is 57.0 Å². The van der Waals surface area contributed by atoms with Crippen LogP contribution in [0, 0.1) is 11.7 Å². The van der Waals surface area contributed by atoms with Crippen molar-refractivity contribution in [2.45, 2.75) is 26.3 Å². The van der Waals surface area contributed by atoms with Crippen LogP contribution in [0.25, 0.3) is 0 Å². The summed E-state index contributed by atoms with van der Waals surface area (Å²) < 4.78 is 13.3. The lowest BCUT2D eigenvalue weighted by molar-refractivity contribution is 0.214. The fourth-order valence-corrected chi connectivity index (χ4v) is 3.09. The van der Waals surface area contributed by atoms with Crippen LogP contribution in [-0.4, -0.2) is 56.0 Å². The van der Waals surface area contributed by atoms with Gasteiger partial charge in [0.25, 0.3) is 0 Å². The molecule has 0 amide bonds. The zero-order chi connectivity index (χ0) is 16.7. The smallest absolute Gasteiger partial charge is 0.193 e. The van der Waals surface area contributed by atoms with Crippen LogP contribution in [0.2, 0.25) is 0 Å². The minimum atomic E-state index is -0.192. The van der Waals surface area contributed by atoms with E-state index in [0.29, 0.717) is 12.5 Å². The fourth-order valence-electron chi connectivity index (χ4n) is 3.09. The molecule has 1 fully saturated rings. The van der Waals surface area contributed by atoms with E-state index < -0.39 is 0 Å². The van der Waals surface area contributed by atoms with Crippen molar-refractivity contribution >= 4 is 5.96 Å². The molecule has 1 aliphatic rings. The lowest BCUT2D eigenvalue weighted by Gasteiger charge is -2.29. The van der Waals surface area contributed by atoms with Gasteiger partial charge in [-0.15, -0.1) is 0 Å². The molecule has 1 aromatic carbocycles. The van der Waals surface area contributed by atoms with Crippen molar-refractivity contribution in [3.63, 3.8) is 0 Å². The first-order valence-corrected chi connectivity index (χ1v) is 8.51. The molecule has 0 bridgehead atoms. The Bertz CT molecular complexity index is 517. The number of hydrogen-bond donors (Lipinski definition) is 1. The number of nitrogens with one attached hydrogen (secondary N) is 1. The highest BCUT2D eigenvalue weighted by molar-refractivity contribution is 5.79. The number of hydrogen-bond acceptors (Lipinski definition) is 2. The molecule has 1 N–H and O–H groups in total. The Labute approximate surface area is 139 Å². The standard InChI is InChI=1S/C18H29FN4/c1-4-20-18(21-12-16-8-6-10-22(2)13-16)23(3)14-15-7-5-9-17(19)11-15/h5,7,9,11,16H,4,6,8,10,12-14H2,1-3H3,(H,20,21). The van der Waals surface area contributed by atoms with E-state index in [9.17, 15) is 4.39 Å². The summed E-state index contributed by atoms with van der Waals surface area (Å²) in [5.41, 5.74) is 0.954. The highest BCUT2D eigenvalue weighted by Gasteiger charge is 2.17. The van der Waals surface area contributed by atoms with E-state index >= 15 is 0 Å². The topological polar surface area (TPSA) is 30.9 Å². The first kappa shape index (κ1) is 17.7. The van der Waals surface area contributed by atoms with Crippen molar-refractivity contribution in [1.29, 1.82) is 0 Å². The van der Waals surface area contributed by atoms with Crippen LogP contribution in [0.3, 0.4) is 0 Å². The average molecular weight is 320 g/mol. The van der Waals surface area contributed by atoms with Gasteiger partial charge in [-0.2, -0.15) is 0 Å². The molecule has 1 unspecified atom stereocenters. The van der Waals surface area contributed by atoms with Gasteiger partial charge in [0.15, 0.2) is 5.96 Å². The van der Waals surface area contributed by atoms with Crippen molar-refractivity contribution in [1.82, 2.24) is 15.1 Å². The molecule has 1 aliphatic heterocycles. The molecule has 1 saturated heterocycles. The normalized spacial score (nSPS) is 19.7. The number of nitrogens with zero attached hydrogens (tertiary/aromatic N) is 3. The molecule has 2 rings (SSSR count).